The normalized spacial score (nSPS) is 11.7. The first-order valence-corrected chi connectivity index (χ1v) is 14.5. The van der Waals surface area contributed by atoms with E-state index in [0.29, 0.717) is 35.3 Å². The van der Waals surface area contributed by atoms with Crippen LogP contribution in [0.4, 0.5) is 0 Å². The van der Waals surface area contributed by atoms with E-state index in [1.54, 1.807) is 23.1 Å². The molecule has 0 aliphatic carbocycles. The molecule has 3 rings (SSSR count). The van der Waals surface area contributed by atoms with Crippen molar-refractivity contribution in [2.45, 2.75) is 38.1 Å². The molecule has 1 N–H and O–H groups in total. The van der Waals surface area contributed by atoms with Gasteiger partial charge in [0.1, 0.15) is 6.04 Å². The molecule has 0 saturated heterocycles. The fourth-order valence-corrected chi connectivity index (χ4v) is 5.84. The maximum Gasteiger partial charge on any atom is 0.243 e. The van der Waals surface area contributed by atoms with Crippen molar-refractivity contribution in [1.82, 2.24) is 10.2 Å². The molecular formula is C28H29BrCl2N2O2S. The summed E-state index contributed by atoms with van der Waals surface area (Å²) in [7, 11) is 0. The van der Waals surface area contributed by atoms with Crippen molar-refractivity contribution in [2.75, 3.05) is 12.3 Å². The predicted molar refractivity (Wildman–Crippen MR) is 155 cm³/mol. The summed E-state index contributed by atoms with van der Waals surface area (Å²) in [4.78, 5) is 28.7. The van der Waals surface area contributed by atoms with Gasteiger partial charge in [0.15, 0.2) is 0 Å². The van der Waals surface area contributed by atoms with Crippen molar-refractivity contribution in [2.24, 2.45) is 0 Å². The fourth-order valence-electron chi connectivity index (χ4n) is 3.75. The van der Waals surface area contributed by atoms with Crippen LogP contribution in [0.25, 0.3) is 0 Å². The monoisotopic (exact) mass is 606 g/mol. The van der Waals surface area contributed by atoms with Gasteiger partial charge in [-0.05, 0) is 47.4 Å². The Morgan fingerprint density at radius 3 is 2.31 bits per heavy atom. The molecule has 0 bridgehead atoms. The molecule has 0 aromatic heterocycles. The molecule has 0 radical (unpaired) electrons. The Bertz CT molecular complexity index is 1140. The number of thioether (sulfide) groups is 1. The average Bonchev–Trinajstić information content (AvgIpc) is 2.87. The number of carbonyl (C=O) groups excluding carboxylic acids is 2. The second-order valence-electron chi connectivity index (χ2n) is 8.34. The van der Waals surface area contributed by atoms with Crippen LogP contribution in [-0.2, 0) is 28.3 Å². The van der Waals surface area contributed by atoms with Crippen LogP contribution in [0.5, 0.6) is 0 Å². The summed E-state index contributed by atoms with van der Waals surface area (Å²) in [6.07, 6.45) is 1.25. The lowest BCUT2D eigenvalue weighted by atomic mass is 10.0. The molecule has 0 aliphatic heterocycles. The van der Waals surface area contributed by atoms with Crippen molar-refractivity contribution in [1.29, 1.82) is 0 Å². The van der Waals surface area contributed by atoms with Crippen molar-refractivity contribution in [3.05, 3.63) is 104 Å². The van der Waals surface area contributed by atoms with Crippen LogP contribution in [0.3, 0.4) is 0 Å². The van der Waals surface area contributed by atoms with E-state index in [9.17, 15) is 9.59 Å². The van der Waals surface area contributed by atoms with Gasteiger partial charge in [-0.15, -0.1) is 11.8 Å². The molecule has 0 saturated carbocycles. The molecule has 0 fully saturated rings. The highest BCUT2D eigenvalue weighted by molar-refractivity contribution is 9.10. The zero-order valence-electron chi connectivity index (χ0n) is 20.1. The Hall–Kier alpha value is -1.99. The molecule has 1 atom stereocenters. The first kappa shape index (κ1) is 28.6. The first-order chi connectivity index (χ1) is 17.4. The lowest BCUT2D eigenvalue weighted by Gasteiger charge is -2.31. The summed E-state index contributed by atoms with van der Waals surface area (Å²) in [5, 5.41) is 4.15. The highest BCUT2D eigenvalue weighted by Gasteiger charge is 2.30. The second kappa shape index (κ2) is 14.7. The third-order valence-electron chi connectivity index (χ3n) is 5.60. The Labute approximate surface area is 235 Å². The molecule has 0 heterocycles. The summed E-state index contributed by atoms with van der Waals surface area (Å²) in [5.41, 5.74) is 2.74. The fraction of sp³-hybridized carbons (Fsp3) is 0.286. The van der Waals surface area contributed by atoms with Gasteiger partial charge in [-0.1, -0.05) is 94.6 Å². The van der Waals surface area contributed by atoms with Gasteiger partial charge in [-0.25, -0.2) is 0 Å². The van der Waals surface area contributed by atoms with E-state index < -0.39 is 6.04 Å². The Balaban J connectivity index is 1.85. The number of rotatable bonds is 12. The predicted octanol–water partition coefficient (Wildman–Crippen LogP) is 7.16. The minimum absolute atomic E-state index is 0.115. The van der Waals surface area contributed by atoms with E-state index in [0.717, 1.165) is 27.6 Å². The zero-order valence-corrected chi connectivity index (χ0v) is 24.0. The average molecular weight is 608 g/mol. The van der Waals surface area contributed by atoms with Crippen LogP contribution in [0.15, 0.2) is 77.3 Å². The van der Waals surface area contributed by atoms with E-state index in [2.05, 4.69) is 21.2 Å². The smallest absolute Gasteiger partial charge is 0.243 e. The number of benzene rings is 3. The molecule has 4 nitrogen and oxygen atoms in total. The second-order valence-corrected chi connectivity index (χ2v) is 11.1. The van der Waals surface area contributed by atoms with Crippen LogP contribution in [0, 0.1) is 0 Å². The van der Waals surface area contributed by atoms with E-state index in [1.165, 1.54) is 11.8 Å². The van der Waals surface area contributed by atoms with E-state index in [4.69, 9.17) is 23.2 Å². The quantitative estimate of drug-likeness (QED) is 0.238. The van der Waals surface area contributed by atoms with E-state index in [-0.39, 0.29) is 17.6 Å². The molecule has 3 aromatic carbocycles. The molecule has 0 aliphatic rings. The first-order valence-electron chi connectivity index (χ1n) is 11.7. The van der Waals surface area contributed by atoms with Gasteiger partial charge < -0.3 is 10.2 Å². The molecule has 2 amide bonds. The Kier molecular flexibility index (Phi) is 11.6. The number of halogens is 3. The zero-order chi connectivity index (χ0) is 25.9. The summed E-state index contributed by atoms with van der Waals surface area (Å²) >= 11 is 17.6. The third kappa shape index (κ3) is 8.55. The number of carbonyl (C=O) groups is 2. The molecule has 190 valence electrons. The number of hydrogen-bond donors (Lipinski definition) is 1. The van der Waals surface area contributed by atoms with Crippen LogP contribution in [0.1, 0.15) is 30.0 Å². The lowest BCUT2D eigenvalue weighted by molar-refractivity contribution is -0.139. The largest absolute Gasteiger partial charge is 0.354 e. The van der Waals surface area contributed by atoms with Gasteiger partial charge in [0.05, 0.1) is 5.75 Å². The van der Waals surface area contributed by atoms with Crippen molar-refractivity contribution < 1.29 is 9.59 Å². The molecule has 0 unspecified atom stereocenters. The third-order valence-corrected chi connectivity index (χ3v) is 7.74. The summed E-state index contributed by atoms with van der Waals surface area (Å²) in [6, 6.07) is 22.3. The van der Waals surface area contributed by atoms with Crippen LogP contribution < -0.4 is 5.32 Å². The van der Waals surface area contributed by atoms with Gasteiger partial charge in [0.25, 0.3) is 0 Å². The maximum absolute atomic E-state index is 13.6. The van der Waals surface area contributed by atoms with Crippen molar-refractivity contribution in [3.63, 3.8) is 0 Å². The number of hydrogen-bond acceptors (Lipinski definition) is 3. The summed E-state index contributed by atoms with van der Waals surface area (Å²) in [5.74, 6) is 0.432. The Morgan fingerprint density at radius 1 is 0.972 bits per heavy atom. The summed E-state index contributed by atoms with van der Waals surface area (Å²) in [6.45, 7) is 2.89. The van der Waals surface area contributed by atoms with Gasteiger partial charge in [-0.2, -0.15) is 0 Å². The Morgan fingerprint density at radius 2 is 1.64 bits per heavy atom. The van der Waals surface area contributed by atoms with Crippen molar-refractivity contribution >= 4 is 62.7 Å². The minimum atomic E-state index is -0.644. The van der Waals surface area contributed by atoms with E-state index in [1.807, 2.05) is 61.5 Å². The van der Waals surface area contributed by atoms with Crippen molar-refractivity contribution in [3.8, 4) is 0 Å². The molecule has 3 aromatic rings. The number of amides is 2. The van der Waals surface area contributed by atoms with Crippen LogP contribution in [0.2, 0.25) is 10.0 Å². The van der Waals surface area contributed by atoms with Gasteiger partial charge in [0, 0.05) is 39.8 Å². The van der Waals surface area contributed by atoms with Gasteiger partial charge >= 0.3 is 0 Å². The van der Waals surface area contributed by atoms with Crippen LogP contribution >= 0.6 is 50.9 Å². The number of nitrogens with one attached hydrogen (secondary N) is 1. The van der Waals surface area contributed by atoms with Gasteiger partial charge in [0.2, 0.25) is 11.8 Å². The molecule has 8 heteroatoms. The minimum Gasteiger partial charge on any atom is -0.354 e. The molecule has 36 heavy (non-hydrogen) atoms. The maximum atomic E-state index is 13.6. The van der Waals surface area contributed by atoms with Gasteiger partial charge in [-0.3, -0.25) is 9.59 Å². The van der Waals surface area contributed by atoms with Crippen LogP contribution in [-0.4, -0.2) is 35.1 Å². The van der Waals surface area contributed by atoms with E-state index >= 15 is 0 Å². The molecule has 0 spiro atoms. The topological polar surface area (TPSA) is 49.4 Å². The molecular weight excluding hydrogens is 579 g/mol. The highest BCUT2D eigenvalue weighted by atomic mass is 79.9. The SMILES string of the molecule is CCCNC(=O)[C@@H](Cc1ccccc1)N(Cc1cccc(Br)c1)C(=O)CSCc1c(Cl)cccc1Cl. The number of nitrogens with zero attached hydrogens (tertiary/aromatic N) is 1. The lowest BCUT2D eigenvalue weighted by Crippen LogP contribution is -2.51. The standard InChI is InChI=1S/C28H29BrCl2N2O2S/c1-2-14-32-28(35)26(16-20-8-4-3-5-9-20)33(17-21-10-6-11-22(29)15-21)27(34)19-36-18-23-24(30)12-7-13-25(23)31/h3-13,15,26H,2,14,16-19H2,1H3,(H,32,35)/t26-/m1/s1. The highest BCUT2D eigenvalue weighted by Crippen LogP contribution is 2.28. The summed E-state index contributed by atoms with van der Waals surface area (Å²) < 4.78 is 0.921.